The number of nitrogens with one attached hydrogen (secondary N) is 2. The van der Waals surface area contributed by atoms with Crippen LogP contribution >= 0.6 is 0 Å². The lowest BCUT2D eigenvalue weighted by Crippen LogP contribution is -2.64. The van der Waals surface area contributed by atoms with Crippen molar-refractivity contribution in [1.29, 1.82) is 0 Å². The van der Waals surface area contributed by atoms with Crippen molar-refractivity contribution in [3.8, 4) is 0 Å². The lowest BCUT2D eigenvalue weighted by atomic mass is 10.0. The van der Waals surface area contributed by atoms with E-state index in [0.29, 0.717) is 12.8 Å². The highest BCUT2D eigenvalue weighted by molar-refractivity contribution is 5.93. The van der Waals surface area contributed by atoms with E-state index in [-0.39, 0.29) is 11.8 Å². The Morgan fingerprint density at radius 2 is 1.53 bits per heavy atom. The van der Waals surface area contributed by atoms with Crippen LogP contribution in [-0.4, -0.2) is 29.4 Å². The van der Waals surface area contributed by atoms with E-state index in [9.17, 15) is 9.59 Å². The Balaban J connectivity index is 5.15. The number of carbonyl (C=O) groups excluding carboxylic acids is 2. The minimum absolute atomic E-state index is 0.242. The third kappa shape index (κ3) is 3.00. The Morgan fingerprint density at radius 1 is 1.13 bits per heavy atom. The minimum Gasteiger partial charge on any atom is -0.275 e. The maximum atomic E-state index is 11.5. The van der Waals surface area contributed by atoms with Crippen LogP contribution in [0.25, 0.3) is 0 Å². The molecule has 15 heavy (non-hydrogen) atoms. The van der Waals surface area contributed by atoms with Crippen LogP contribution in [0.2, 0.25) is 0 Å². The van der Waals surface area contributed by atoms with E-state index in [1.807, 2.05) is 13.8 Å². The second-order valence-corrected chi connectivity index (χ2v) is 3.49. The van der Waals surface area contributed by atoms with Gasteiger partial charge in [0.15, 0.2) is 0 Å². The second kappa shape index (κ2) is 5.82. The summed E-state index contributed by atoms with van der Waals surface area (Å²) in [6.45, 7) is 6.68. The normalized spacial score (nSPS) is 11.3. The molecule has 0 saturated heterocycles. The van der Waals surface area contributed by atoms with Crippen LogP contribution in [0.5, 0.6) is 0 Å². The minimum atomic E-state index is -0.633. The zero-order valence-electron chi connectivity index (χ0n) is 10.2. The molecule has 0 aliphatic rings. The Labute approximate surface area is 91.2 Å². The van der Waals surface area contributed by atoms with Gasteiger partial charge in [-0.15, -0.1) is 0 Å². The highest BCUT2D eigenvalue weighted by Gasteiger charge is 2.37. The lowest BCUT2D eigenvalue weighted by Gasteiger charge is -2.41. The Morgan fingerprint density at radius 3 is 1.73 bits per heavy atom. The van der Waals surface area contributed by atoms with Crippen LogP contribution in [-0.2, 0) is 9.59 Å². The first-order chi connectivity index (χ1) is 6.95. The predicted octanol–water partition coefficient (Wildman–Crippen LogP) is 0.622. The van der Waals surface area contributed by atoms with E-state index in [1.54, 1.807) is 7.05 Å². The van der Waals surface area contributed by atoms with Crippen molar-refractivity contribution in [3.05, 3.63) is 0 Å². The van der Waals surface area contributed by atoms with Crippen LogP contribution < -0.4 is 10.9 Å². The summed E-state index contributed by atoms with van der Waals surface area (Å²) in [7, 11) is 1.72. The van der Waals surface area contributed by atoms with Gasteiger partial charge in [-0.25, -0.2) is 5.43 Å². The van der Waals surface area contributed by atoms with Gasteiger partial charge in [-0.3, -0.25) is 19.9 Å². The van der Waals surface area contributed by atoms with E-state index in [2.05, 4.69) is 10.9 Å². The van der Waals surface area contributed by atoms with Crippen molar-refractivity contribution < 1.29 is 9.59 Å². The third-order valence-electron chi connectivity index (χ3n) is 2.59. The number of carbonyl (C=O) groups is 2. The number of hydrogen-bond donors (Lipinski definition) is 2. The molecule has 0 aromatic rings. The molecule has 0 unspecified atom stereocenters. The summed E-state index contributed by atoms with van der Waals surface area (Å²) in [5.74, 6) is -0.483. The van der Waals surface area contributed by atoms with Crippen molar-refractivity contribution in [1.82, 2.24) is 15.8 Å². The van der Waals surface area contributed by atoms with E-state index in [4.69, 9.17) is 0 Å². The lowest BCUT2D eigenvalue weighted by molar-refractivity contribution is -0.152. The maximum absolute atomic E-state index is 11.5. The zero-order chi connectivity index (χ0) is 12.1. The van der Waals surface area contributed by atoms with Crippen LogP contribution in [0.4, 0.5) is 0 Å². The fraction of sp³-hybridized carbons (Fsp3) is 0.800. The quantitative estimate of drug-likeness (QED) is 0.521. The summed E-state index contributed by atoms with van der Waals surface area (Å²) >= 11 is 0. The summed E-state index contributed by atoms with van der Waals surface area (Å²) < 4.78 is 0. The number of hydrogen-bond acceptors (Lipinski definition) is 4. The van der Waals surface area contributed by atoms with Crippen LogP contribution in [0.3, 0.4) is 0 Å². The van der Waals surface area contributed by atoms with Crippen molar-refractivity contribution in [2.45, 2.75) is 46.2 Å². The molecule has 88 valence electrons. The summed E-state index contributed by atoms with van der Waals surface area (Å²) in [6, 6.07) is 0. The molecule has 0 aliphatic heterocycles. The summed E-state index contributed by atoms with van der Waals surface area (Å²) in [6.07, 6.45) is 1.31. The SMILES string of the molecule is CCC(CC)(NNC)N(C(C)=O)C(C)=O. The van der Waals surface area contributed by atoms with Crippen LogP contribution in [0.15, 0.2) is 0 Å². The van der Waals surface area contributed by atoms with Gasteiger partial charge >= 0.3 is 0 Å². The van der Waals surface area contributed by atoms with E-state index in [1.165, 1.54) is 18.7 Å². The van der Waals surface area contributed by atoms with Gasteiger partial charge in [0.05, 0.1) is 0 Å². The number of amides is 2. The molecular weight excluding hydrogens is 194 g/mol. The highest BCUT2D eigenvalue weighted by Crippen LogP contribution is 2.20. The Kier molecular flexibility index (Phi) is 5.46. The number of rotatable bonds is 5. The van der Waals surface area contributed by atoms with Crippen LogP contribution in [0.1, 0.15) is 40.5 Å². The van der Waals surface area contributed by atoms with Crippen LogP contribution in [0, 0.1) is 0 Å². The maximum Gasteiger partial charge on any atom is 0.227 e. The van der Waals surface area contributed by atoms with Crippen molar-refractivity contribution >= 4 is 11.8 Å². The van der Waals surface area contributed by atoms with Crippen molar-refractivity contribution in [2.75, 3.05) is 7.05 Å². The molecule has 5 nitrogen and oxygen atoms in total. The topological polar surface area (TPSA) is 61.4 Å². The molecule has 0 atom stereocenters. The van der Waals surface area contributed by atoms with Gasteiger partial charge < -0.3 is 0 Å². The molecule has 5 heteroatoms. The number of imide groups is 1. The molecule has 0 aliphatic carbocycles. The Hall–Kier alpha value is -0.940. The molecule has 0 aromatic heterocycles. The predicted molar refractivity (Wildman–Crippen MR) is 58.7 cm³/mol. The summed E-state index contributed by atoms with van der Waals surface area (Å²) in [4.78, 5) is 24.2. The average molecular weight is 215 g/mol. The van der Waals surface area contributed by atoms with Gasteiger partial charge in [0, 0.05) is 13.8 Å². The van der Waals surface area contributed by atoms with Crippen molar-refractivity contribution in [2.24, 2.45) is 0 Å². The average Bonchev–Trinajstić information content (AvgIpc) is 2.15. The van der Waals surface area contributed by atoms with Crippen molar-refractivity contribution in [3.63, 3.8) is 0 Å². The molecule has 0 bridgehead atoms. The first kappa shape index (κ1) is 14.1. The molecule has 2 amide bonds. The largest absolute Gasteiger partial charge is 0.275 e. The fourth-order valence-electron chi connectivity index (χ4n) is 1.86. The molecular formula is C10H21N3O2. The summed E-state index contributed by atoms with van der Waals surface area (Å²) in [5, 5.41) is 0. The number of nitrogens with zero attached hydrogens (tertiary/aromatic N) is 1. The molecule has 0 aromatic carbocycles. The van der Waals surface area contributed by atoms with Gasteiger partial charge in [-0.1, -0.05) is 13.8 Å². The fourth-order valence-corrected chi connectivity index (χ4v) is 1.86. The summed E-state index contributed by atoms with van der Waals surface area (Å²) in [5.41, 5.74) is 5.16. The van der Waals surface area contributed by atoms with E-state index >= 15 is 0 Å². The first-order valence-electron chi connectivity index (χ1n) is 5.20. The second-order valence-electron chi connectivity index (χ2n) is 3.49. The standard InChI is InChI=1S/C10H21N3O2/c1-6-10(7-2,12-11-5)13(8(3)14)9(4)15/h11-12H,6-7H2,1-5H3. The first-order valence-corrected chi connectivity index (χ1v) is 5.20. The smallest absolute Gasteiger partial charge is 0.227 e. The zero-order valence-corrected chi connectivity index (χ0v) is 10.2. The van der Waals surface area contributed by atoms with Gasteiger partial charge in [0.1, 0.15) is 5.66 Å². The molecule has 0 rings (SSSR count). The van der Waals surface area contributed by atoms with E-state index < -0.39 is 5.66 Å². The molecule has 2 N–H and O–H groups in total. The van der Waals surface area contributed by atoms with Gasteiger partial charge in [-0.05, 0) is 19.9 Å². The molecule has 0 saturated carbocycles. The monoisotopic (exact) mass is 215 g/mol. The Bertz CT molecular complexity index is 223. The molecule has 0 heterocycles. The van der Waals surface area contributed by atoms with Gasteiger partial charge in [0.2, 0.25) is 11.8 Å². The third-order valence-corrected chi connectivity index (χ3v) is 2.59. The highest BCUT2D eigenvalue weighted by atomic mass is 16.2. The number of hydrazine groups is 1. The van der Waals surface area contributed by atoms with E-state index in [0.717, 1.165) is 0 Å². The molecule has 0 spiro atoms. The van der Waals surface area contributed by atoms with Gasteiger partial charge in [-0.2, -0.15) is 0 Å². The molecule has 0 fully saturated rings. The molecule has 0 radical (unpaired) electrons. The van der Waals surface area contributed by atoms with Gasteiger partial charge in [0.25, 0.3) is 0 Å².